The molecule has 0 saturated carbocycles. The standard InChI is InChI=1S/C11H22FNO4S/c1-2-13(9-6-10-18(15,16)17)11(14)7-4-3-5-8-12/h2-10H2,1H3,(H,15,16,17). The molecule has 0 aliphatic rings. The van der Waals surface area contributed by atoms with Crippen molar-refractivity contribution >= 4 is 16.0 Å². The Morgan fingerprint density at radius 2 is 1.89 bits per heavy atom. The van der Waals surface area contributed by atoms with Gasteiger partial charge in [-0.25, -0.2) is 0 Å². The molecule has 0 aromatic heterocycles. The molecule has 0 bridgehead atoms. The van der Waals surface area contributed by atoms with Crippen LogP contribution >= 0.6 is 0 Å². The fraction of sp³-hybridized carbons (Fsp3) is 0.909. The molecule has 1 amide bonds. The van der Waals surface area contributed by atoms with E-state index in [1.165, 1.54) is 0 Å². The maximum atomic E-state index is 11.8. The van der Waals surface area contributed by atoms with Gasteiger partial charge in [0.2, 0.25) is 5.91 Å². The third kappa shape index (κ3) is 9.35. The highest BCUT2D eigenvalue weighted by Crippen LogP contribution is 2.05. The molecule has 0 aliphatic heterocycles. The van der Waals surface area contributed by atoms with Crippen LogP contribution in [0.15, 0.2) is 0 Å². The maximum Gasteiger partial charge on any atom is 0.264 e. The summed E-state index contributed by atoms with van der Waals surface area (Å²) in [6, 6.07) is 0. The highest BCUT2D eigenvalue weighted by Gasteiger charge is 2.12. The van der Waals surface area contributed by atoms with Gasteiger partial charge in [-0.15, -0.1) is 0 Å². The number of unbranched alkanes of at least 4 members (excludes halogenated alkanes) is 2. The van der Waals surface area contributed by atoms with E-state index >= 15 is 0 Å². The van der Waals surface area contributed by atoms with E-state index in [0.717, 1.165) is 0 Å². The molecular weight excluding hydrogens is 261 g/mol. The minimum absolute atomic E-state index is 0.0494. The van der Waals surface area contributed by atoms with Crippen LogP contribution in [0.3, 0.4) is 0 Å². The first-order valence-electron chi connectivity index (χ1n) is 6.19. The SMILES string of the molecule is CCN(CCCS(=O)(=O)O)C(=O)CCCCCF. The van der Waals surface area contributed by atoms with Crippen LogP contribution in [-0.2, 0) is 14.9 Å². The van der Waals surface area contributed by atoms with Crippen molar-refractivity contribution in [3.63, 3.8) is 0 Å². The molecule has 108 valence electrons. The molecule has 1 N–H and O–H groups in total. The molecule has 0 radical (unpaired) electrons. The Bertz CT molecular complexity index is 332. The number of hydrogen-bond acceptors (Lipinski definition) is 3. The van der Waals surface area contributed by atoms with E-state index in [2.05, 4.69) is 0 Å². The van der Waals surface area contributed by atoms with Gasteiger partial charge in [0.15, 0.2) is 0 Å². The summed E-state index contributed by atoms with van der Waals surface area (Å²) in [6.45, 7) is 2.28. The van der Waals surface area contributed by atoms with Crippen molar-refractivity contribution in [2.24, 2.45) is 0 Å². The first-order valence-corrected chi connectivity index (χ1v) is 7.80. The van der Waals surface area contributed by atoms with Crippen LogP contribution in [0, 0.1) is 0 Å². The van der Waals surface area contributed by atoms with E-state index in [1.54, 1.807) is 4.90 Å². The zero-order valence-corrected chi connectivity index (χ0v) is 11.6. The Morgan fingerprint density at radius 1 is 1.22 bits per heavy atom. The van der Waals surface area contributed by atoms with Crippen LogP contribution in [-0.4, -0.2) is 49.3 Å². The van der Waals surface area contributed by atoms with Gasteiger partial charge < -0.3 is 4.90 Å². The van der Waals surface area contributed by atoms with Crippen LogP contribution in [0.5, 0.6) is 0 Å². The lowest BCUT2D eigenvalue weighted by atomic mass is 10.2. The number of alkyl halides is 1. The Balaban J connectivity index is 3.89. The minimum Gasteiger partial charge on any atom is -0.343 e. The van der Waals surface area contributed by atoms with Crippen molar-refractivity contribution in [3.05, 3.63) is 0 Å². The summed E-state index contributed by atoms with van der Waals surface area (Å²) >= 11 is 0. The first-order chi connectivity index (χ1) is 8.40. The summed E-state index contributed by atoms with van der Waals surface area (Å²) in [7, 11) is -3.96. The Kier molecular flexibility index (Phi) is 8.91. The van der Waals surface area contributed by atoms with E-state index in [-0.39, 0.29) is 24.8 Å². The molecular formula is C11H22FNO4S. The lowest BCUT2D eigenvalue weighted by molar-refractivity contribution is -0.131. The lowest BCUT2D eigenvalue weighted by Crippen LogP contribution is -2.32. The molecule has 0 aromatic carbocycles. The number of rotatable bonds is 10. The highest BCUT2D eigenvalue weighted by atomic mass is 32.2. The van der Waals surface area contributed by atoms with E-state index in [4.69, 9.17) is 4.55 Å². The van der Waals surface area contributed by atoms with Crippen LogP contribution in [0.25, 0.3) is 0 Å². The van der Waals surface area contributed by atoms with Gasteiger partial charge in [0.25, 0.3) is 10.1 Å². The summed E-state index contributed by atoms with van der Waals surface area (Å²) in [5.41, 5.74) is 0. The number of carbonyl (C=O) groups excluding carboxylic acids is 1. The smallest absolute Gasteiger partial charge is 0.264 e. The van der Waals surface area contributed by atoms with Crippen LogP contribution in [0.4, 0.5) is 4.39 Å². The van der Waals surface area contributed by atoms with Crippen LogP contribution < -0.4 is 0 Å². The second-order valence-corrected chi connectivity index (χ2v) is 5.68. The number of hydrogen-bond donors (Lipinski definition) is 1. The second kappa shape index (κ2) is 9.27. The molecule has 0 unspecified atom stereocenters. The van der Waals surface area contributed by atoms with Crippen LogP contribution in [0.2, 0.25) is 0 Å². The predicted octanol–water partition coefficient (Wildman–Crippen LogP) is 1.64. The lowest BCUT2D eigenvalue weighted by Gasteiger charge is -2.20. The Hall–Kier alpha value is -0.690. The van der Waals surface area contributed by atoms with Gasteiger partial charge in [-0.1, -0.05) is 6.42 Å². The molecule has 0 atom stereocenters. The maximum absolute atomic E-state index is 11.8. The van der Waals surface area contributed by atoms with Gasteiger partial charge >= 0.3 is 0 Å². The fourth-order valence-electron chi connectivity index (χ4n) is 1.60. The molecule has 0 spiro atoms. The van der Waals surface area contributed by atoms with Gasteiger partial charge in [0.1, 0.15) is 0 Å². The predicted molar refractivity (Wildman–Crippen MR) is 67.7 cm³/mol. The van der Waals surface area contributed by atoms with E-state index in [9.17, 15) is 17.6 Å². The number of amides is 1. The normalized spacial score (nSPS) is 11.5. The van der Waals surface area contributed by atoms with Crippen molar-refractivity contribution in [1.82, 2.24) is 4.90 Å². The van der Waals surface area contributed by atoms with E-state index in [0.29, 0.717) is 38.8 Å². The first kappa shape index (κ1) is 17.3. The summed E-state index contributed by atoms with van der Waals surface area (Å²) in [5, 5.41) is 0. The third-order valence-electron chi connectivity index (χ3n) is 2.59. The molecule has 5 nitrogen and oxygen atoms in total. The second-order valence-electron chi connectivity index (χ2n) is 4.11. The summed E-state index contributed by atoms with van der Waals surface area (Å²) in [5.74, 6) is -0.384. The van der Waals surface area contributed by atoms with Crippen molar-refractivity contribution in [2.75, 3.05) is 25.5 Å². The van der Waals surface area contributed by atoms with E-state index < -0.39 is 10.1 Å². The molecule has 18 heavy (non-hydrogen) atoms. The molecule has 0 rings (SSSR count). The molecule has 7 heteroatoms. The number of halogens is 1. The van der Waals surface area contributed by atoms with Crippen molar-refractivity contribution < 1.29 is 22.2 Å². The highest BCUT2D eigenvalue weighted by molar-refractivity contribution is 7.85. The largest absolute Gasteiger partial charge is 0.343 e. The summed E-state index contributed by atoms with van der Waals surface area (Å²) < 4.78 is 41.5. The Labute approximate surface area is 108 Å². The molecule has 0 aromatic rings. The van der Waals surface area contributed by atoms with Crippen LogP contribution in [0.1, 0.15) is 39.0 Å². The number of carbonyl (C=O) groups is 1. The number of nitrogens with zero attached hydrogens (tertiary/aromatic N) is 1. The van der Waals surface area contributed by atoms with Gasteiger partial charge in [-0.2, -0.15) is 8.42 Å². The van der Waals surface area contributed by atoms with Crippen molar-refractivity contribution in [3.8, 4) is 0 Å². The quantitative estimate of drug-likeness (QED) is 0.488. The molecule has 0 fully saturated rings. The minimum atomic E-state index is -3.96. The fourth-order valence-corrected chi connectivity index (χ4v) is 2.10. The van der Waals surface area contributed by atoms with Gasteiger partial charge in [-0.3, -0.25) is 13.7 Å². The van der Waals surface area contributed by atoms with Crippen molar-refractivity contribution in [2.45, 2.75) is 39.0 Å². The molecule has 0 aliphatic carbocycles. The average molecular weight is 283 g/mol. The third-order valence-corrected chi connectivity index (χ3v) is 3.39. The Morgan fingerprint density at radius 3 is 2.39 bits per heavy atom. The summed E-state index contributed by atoms with van der Waals surface area (Å²) in [6.07, 6.45) is 2.40. The topological polar surface area (TPSA) is 74.7 Å². The average Bonchev–Trinajstić information content (AvgIpc) is 2.28. The zero-order chi connectivity index (χ0) is 14.0. The zero-order valence-electron chi connectivity index (χ0n) is 10.8. The summed E-state index contributed by atoms with van der Waals surface area (Å²) in [4.78, 5) is 13.3. The van der Waals surface area contributed by atoms with Gasteiger partial charge in [0.05, 0.1) is 12.4 Å². The molecule has 0 heterocycles. The monoisotopic (exact) mass is 283 g/mol. The molecule has 0 saturated heterocycles. The van der Waals surface area contributed by atoms with Gasteiger partial charge in [-0.05, 0) is 26.2 Å². The van der Waals surface area contributed by atoms with Crippen molar-refractivity contribution in [1.29, 1.82) is 0 Å². The van der Waals surface area contributed by atoms with Gasteiger partial charge in [0, 0.05) is 19.5 Å². The van der Waals surface area contributed by atoms with E-state index in [1.807, 2.05) is 6.92 Å².